The van der Waals surface area contributed by atoms with Crippen molar-refractivity contribution in [2.45, 2.75) is 73.5 Å². The van der Waals surface area contributed by atoms with E-state index in [0.29, 0.717) is 22.9 Å². The van der Waals surface area contributed by atoms with E-state index in [9.17, 15) is 9.59 Å². The summed E-state index contributed by atoms with van der Waals surface area (Å²) in [6, 6.07) is 1.60. The first-order valence-corrected chi connectivity index (χ1v) is 9.31. The van der Waals surface area contributed by atoms with Crippen LogP contribution in [-0.2, 0) is 9.47 Å². The van der Waals surface area contributed by atoms with Crippen molar-refractivity contribution < 1.29 is 19.1 Å². The van der Waals surface area contributed by atoms with E-state index in [1.54, 1.807) is 74.6 Å². The molecule has 2 aromatic heterocycles. The van der Waals surface area contributed by atoms with Crippen LogP contribution < -0.4 is 4.90 Å². The maximum absolute atomic E-state index is 13.0. The van der Waals surface area contributed by atoms with E-state index < -0.39 is 23.4 Å². The molecular weight excluding hydrogens is 374 g/mol. The van der Waals surface area contributed by atoms with Crippen LogP contribution in [0.5, 0.6) is 0 Å². The van der Waals surface area contributed by atoms with Crippen molar-refractivity contribution in [3.8, 4) is 0 Å². The normalized spacial score (nSPS) is 11.9. The van der Waals surface area contributed by atoms with Crippen LogP contribution in [0, 0.1) is 20.8 Å². The Morgan fingerprint density at radius 2 is 1.59 bits per heavy atom. The molecule has 29 heavy (non-hydrogen) atoms. The summed E-state index contributed by atoms with van der Waals surface area (Å²) in [7, 11) is 0. The van der Waals surface area contributed by atoms with E-state index in [0.717, 1.165) is 4.68 Å². The zero-order valence-electron chi connectivity index (χ0n) is 18.5. The second kappa shape index (κ2) is 7.81. The SMILES string of the molecule is Cc1ncc(C)c(N(C(=O)OC(C)(C)C)c2cc(C)n(C(=O)OC(C)(C)C)n2)n1. The molecule has 0 fully saturated rings. The number of aromatic nitrogens is 4. The number of aryl methyl sites for hydroxylation is 3. The number of carbonyl (C=O) groups excluding carboxylic acids is 2. The molecule has 9 nitrogen and oxygen atoms in total. The quantitative estimate of drug-likeness (QED) is 0.730. The second-order valence-corrected chi connectivity index (χ2v) is 8.78. The largest absolute Gasteiger partial charge is 0.443 e. The lowest BCUT2D eigenvalue weighted by Gasteiger charge is -2.26. The first-order valence-electron chi connectivity index (χ1n) is 9.31. The molecule has 0 N–H and O–H groups in total. The summed E-state index contributed by atoms with van der Waals surface area (Å²) in [5.74, 6) is 1.02. The van der Waals surface area contributed by atoms with Crippen molar-refractivity contribution in [2.24, 2.45) is 0 Å². The molecule has 0 saturated heterocycles. The second-order valence-electron chi connectivity index (χ2n) is 8.78. The first kappa shape index (κ1) is 22.3. The summed E-state index contributed by atoms with van der Waals surface area (Å²) in [6.45, 7) is 15.8. The molecule has 2 rings (SSSR count). The molecule has 2 heterocycles. The lowest BCUT2D eigenvalue weighted by atomic mass is 10.2. The van der Waals surface area contributed by atoms with Crippen LogP contribution in [-0.4, -0.2) is 43.1 Å². The van der Waals surface area contributed by atoms with Gasteiger partial charge in [-0.2, -0.15) is 4.68 Å². The summed E-state index contributed by atoms with van der Waals surface area (Å²) in [6.07, 6.45) is 0.320. The number of hydrogen-bond acceptors (Lipinski definition) is 7. The average molecular weight is 403 g/mol. The molecule has 9 heteroatoms. The summed E-state index contributed by atoms with van der Waals surface area (Å²) in [5, 5.41) is 4.30. The number of ether oxygens (including phenoxy) is 2. The highest BCUT2D eigenvalue weighted by Gasteiger charge is 2.31. The molecule has 2 aromatic rings. The van der Waals surface area contributed by atoms with Crippen LogP contribution in [0.4, 0.5) is 21.2 Å². The highest BCUT2D eigenvalue weighted by Crippen LogP contribution is 2.28. The number of hydrogen-bond donors (Lipinski definition) is 0. The minimum Gasteiger partial charge on any atom is -0.443 e. The van der Waals surface area contributed by atoms with E-state index in [1.807, 2.05) is 0 Å². The van der Waals surface area contributed by atoms with Gasteiger partial charge < -0.3 is 9.47 Å². The molecule has 0 unspecified atom stereocenters. The molecule has 0 aliphatic carbocycles. The molecule has 0 radical (unpaired) electrons. The van der Waals surface area contributed by atoms with Gasteiger partial charge in [0, 0.05) is 17.8 Å². The maximum Gasteiger partial charge on any atom is 0.435 e. The van der Waals surface area contributed by atoms with Gasteiger partial charge in [-0.1, -0.05) is 0 Å². The predicted molar refractivity (Wildman–Crippen MR) is 108 cm³/mol. The zero-order valence-corrected chi connectivity index (χ0v) is 18.5. The minimum absolute atomic E-state index is 0.198. The van der Waals surface area contributed by atoms with Gasteiger partial charge in [-0.3, -0.25) is 0 Å². The van der Waals surface area contributed by atoms with E-state index in [-0.39, 0.29) is 5.82 Å². The third kappa shape index (κ3) is 5.75. The summed E-state index contributed by atoms with van der Waals surface area (Å²) >= 11 is 0. The van der Waals surface area contributed by atoms with Crippen molar-refractivity contribution in [2.75, 3.05) is 4.90 Å². The van der Waals surface area contributed by atoms with Crippen LogP contribution in [0.3, 0.4) is 0 Å². The van der Waals surface area contributed by atoms with Gasteiger partial charge in [0.05, 0.1) is 5.69 Å². The molecule has 1 amide bonds. The van der Waals surface area contributed by atoms with Crippen molar-refractivity contribution in [1.82, 2.24) is 19.7 Å². The fourth-order valence-corrected chi connectivity index (χ4v) is 2.40. The Morgan fingerprint density at radius 1 is 1.00 bits per heavy atom. The number of carbonyl (C=O) groups is 2. The van der Waals surface area contributed by atoms with Crippen LogP contribution in [0.15, 0.2) is 12.3 Å². The molecule has 0 atom stereocenters. The molecule has 158 valence electrons. The molecule has 0 aromatic carbocycles. The molecule has 0 bridgehead atoms. The van der Waals surface area contributed by atoms with E-state index in [4.69, 9.17) is 9.47 Å². The van der Waals surface area contributed by atoms with E-state index >= 15 is 0 Å². The van der Waals surface area contributed by atoms with Crippen LogP contribution in [0.25, 0.3) is 0 Å². The smallest absolute Gasteiger partial charge is 0.435 e. The van der Waals surface area contributed by atoms with Gasteiger partial charge in [0.15, 0.2) is 11.6 Å². The Morgan fingerprint density at radius 3 is 2.14 bits per heavy atom. The topological polar surface area (TPSA) is 99.4 Å². The Bertz CT molecular complexity index is 922. The summed E-state index contributed by atoms with van der Waals surface area (Å²) < 4.78 is 12.1. The van der Waals surface area contributed by atoms with Crippen molar-refractivity contribution >= 4 is 23.8 Å². The number of rotatable bonds is 2. The van der Waals surface area contributed by atoms with Gasteiger partial charge in [0.2, 0.25) is 0 Å². The molecule has 0 aliphatic rings. The van der Waals surface area contributed by atoms with Crippen LogP contribution >= 0.6 is 0 Å². The van der Waals surface area contributed by atoms with E-state index in [2.05, 4.69) is 15.1 Å². The molecule has 0 aliphatic heterocycles. The zero-order chi connectivity index (χ0) is 22.1. The van der Waals surface area contributed by atoms with Crippen LogP contribution in [0.1, 0.15) is 58.6 Å². The summed E-state index contributed by atoms with van der Waals surface area (Å²) in [4.78, 5) is 35.3. The molecule has 0 saturated carbocycles. The predicted octanol–water partition coefficient (Wildman–Crippen LogP) is 4.45. The summed E-state index contributed by atoms with van der Waals surface area (Å²) in [5.41, 5.74) is -0.244. The van der Waals surface area contributed by atoms with Gasteiger partial charge in [0.1, 0.15) is 17.0 Å². The lowest BCUT2D eigenvalue weighted by Crippen LogP contribution is -2.35. The Labute approximate surface area is 171 Å². The molecular formula is C20H29N5O4. The first-order chi connectivity index (χ1) is 13.2. The monoisotopic (exact) mass is 403 g/mol. The van der Waals surface area contributed by atoms with Gasteiger partial charge in [-0.15, -0.1) is 5.10 Å². The lowest BCUT2D eigenvalue weighted by molar-refractivity contribution is 0.0506. The molecule has 0 spiro atoms. The fourth-order valence-electron chi connectivity index (χ4n) is 2.40. The Hall–Kier alpha value is -2.97. The van der Waals surface area contributed by atoms with Gasteiger partial charge >= 0.3 is 12.2 Å². The van der Waals surface area contributed by atoms with Crippen molar-refractivity contribution in [3.05, 3.63) is 29.3 Å². The highest BCUT2D eigenvalue weighted by molar-refractivity contribution is 5.95. The average Bonchev–Trinajstić information content (AvgIpc) is 2.89. The van der Waals surface area contributed by atoms with E-state index in [1.165, 1.54) is 4.90 Å². The van der Waals surface area contributed by atoms with Crippen LogP contribution in [0.2, 0.25) is 0 Å². The Kier molecular flexibility index (Phi) is 6.01. The third-order valence-electron chi connectivity index (χ3n) is 3.52. The van der Waals surface area contributed by atoms with Gasteiger partial charge in [0.25, 0.3) is 0 Å². The maximum atomic E-state index is 13.0. The fraction of sp³-hybridized carbons (Fsp3) is 0.550. The van der Waals surface area contributed by atoms with Gasteiger partial charge in [-0.05, 0) is 62.3 Å². The highest BCUT2D eigenvalue weighted by atomic mass is 16.6. The third-order valence-corrected chi connectivity index (χ3v) is 3.52. The number of anilines is 2. The van der Waals surface area contributed by atoms with Crippen molar-refractivity contribution in [3.63, 3.8) is 0 Å². The number of amides is 1. The van der Waals surface area contributed by atoms with Crippen molar-refractivity contribution in [1.29, 1.82) is 0 Å². The standard InChI is InChI=1S/C20H29N5O4/c1-12-11-21-14(3)22-16(12)24(17(26)28-19(4,5)6)15-10-13(2)25(23-15)18(27)29-20(7,8)9/h10-11H,1-9H3. The Balaban J connectivity index is 2.55. The minimum atomic E-state index is -0.728. The number of nitrogens with zero attached hydrogens (tertiary/aromatic N) is 5. The van der Waals surface area contributed by atoms with Gasteiger partial charge in [-0.25, -0.2) is 24.5 Å².